The number of hydrogen-bond donors (Lipinski definition) is 0. The predicted molar refractivity (Wildman–Crippen MR) is 76.6 cm³/mol. The van der Waals surface area contributed by atoms with Gasteiger partial charge >= 0.3 is 0 Å². The number of nitrogens with zero attached hydrogens (tertiary/aromatic N) is 3. The normalized spacial score (nSPS) is 15.4. The Balaban J connectivity index is 1.66. The van der Waals surface area contributed by atoms with Crippen molar-refractivity contribution in [1.29, 1.82) is 0 Å². The number of anilines is 1. The van der Waals surface area contributed by atoms with Gasteiger partial charge in [0.05, 0.1) is 5.56 Å². The molecular weight excluding hydrogens is 277 g/mol. The minimum atomic E-state index is -0.458. The van der Waals surface area contributed by atoms with E-state index in [9.17, 15) is 9.18 Å². The van der Waals surface area contributed by atoms with Crippen molar-refractivity contribution in [2.24, 2.45) is 0 Å². The first-order chi connectivity index (χ1) is 9.75. The Hall–Kier alpha value is -1.95. The van der Waals surface area contributed by atoms with E-state index in [0.717, 1.165) is 18.2 Å². The molecule has 1 saturated heterocycles. The van der Waals surface area contributed by atoms with Crippen LogP contribution in [-0.2, 0) is 0 Å². The van der Waals surface area contributed by atoms with E-state index >= 15 is 0 Å². The molecule has 2 aromatic rings. The third kappa shape index (κ3) is 2.51. The van der Waals surface area contributed by atoms with Crippen LogP contribution in [0.3, 0.4) is 0 Å². The van der Waals surface area contributed by atoms with Crippen LogP contribution >= 0.6 is 11.3 Å². The lowest BCUT2D eigenvalue weighted by atomic mass is 10.1. The van der Waals surface area contributed by atoms with Crippen molar-refractivity contribution < 1.29 is 9.18 Å². The maximum absolute atomic E-state index is 13.6. The van der Waals surface area contributed by atoms with Gasteiger partial charge in [0.15, 0.2) is 5.13 Å². The summed E-state index contributed by atoms with van der Waals surface area (Å²) in [6, 6.07) is 6.12. The molecule has 1 aromatic heterocycles. The number of carbonyl (C=O) groups excluding carboxylic acids is 1. The first-order valence-corrected chi connectivity index (χ1v) is 7.32. The molecule has 0 atom stereocenters. The molecule has 1 fully saturated rings. The van der Waals surface area contributed by atoms with E-state index in [1.807, 2.05) is 5.38 Å². The van der Waals surface area contributed by atoms with Crippen molar-refractivity contribution in [1.82, 2.24) is 9.88 Å². The molecule has 1 amide bonds. The number of piperazine rings is 1. The zero-order chi connectivity index (χ0) is 13.9. The molecule has 0 bridgehead atoms. The third-order valence-electron chi connectivity index (χ3n) is 3.36. The molecule has 1 aliphatic heterocycles. The summed E-state index contributed by atoms with van der Waals surface area (Å²) in [6.07, 6.45) is 1.77. The number of amides is 1. The molecule has 4 nitrogen and oxygen atoms in total. The van der Waals surface area contributed by atoms with Crippen molar-refractivity contribution >= 4 is 22.4 Å². The molecule has 6 heteroatoms. The van der Waals surface area contributed by atoms with Crippen molar-refractivity contribution in [2.45, 2.75) is 0 Å². The second kappa shape index (κ2) is 5.58. The Labute approximate surface area is 120 Å². The number of rotatable bonds is 2. The standard InChI is InChI=1S/C14H14FN3OS/c15-12-4-2-1-3-11(12)13(19)17-6-8-18(9-7-17)14-16-5-10-20-14/h1-5,10H,6-9H2. The van der Waals surface area contributed by atoms with E-state index in [-0.39, 0.29) is 11.5 Å². The van der Waals surface area contributed by atoms with Gasteiger partial charge in [-0.1, -0.05) is 12.1 Å². The highest BCUT2D eigenvalue weighted by Gasteiger charge is 2.24. The number of benzene rings is 1. The minimum absolute atomic E-state index is 0.148. The highest BCUT2D eigenvalue weighted by molar-refractivity contribution is 7.13. The van der Waals surface area contributed by atoms with Crippen molar-refractivity contribution in [3.05, 3.63) is 47.2 Å². The van der Waals surface area contributed by atoms with Crippen LogP contribution in [0.25, 0.3) is 0 Å². The zero-order valence-electron chi connectivity index (χ0n) is 10.8. The molecule has 3 rings (SSSR count). The van der Waals surface area contributed by atoms with Crippen LogP contribution in [-0.4, -0.2) is 42.0 Å². The predicted octanol–water partition coefficient (Wildman–Crippen LogP) is 2.24. The fraction of sp³-hybridized carbons (Fsp3) is 0.286. The zero-order valence-corrected chi connectivity index (χ0v) is 11.6. The molecule has 0 radical (unpaired) electrons. The Bertz CT molecular complexity index is 594. The van der Waals surface area contributed by atoms with E-state index < -0.39 is 5.82 Å². The summed E-state index contributed by atoms with van der Waals surface area (Å²) in [5.41, 5.74) is 0.148. The van der Waals surface area contributed by atoms with Gasteiger partial charge < -0.3 is 9.80 Å². The van der Waals surface area contributed by atoms with Crippen LogP contribution in [0.2, 0.25) is 0 Å². The van der Waals surface area contributed by atoms with E-state index in [1.54, 1.807) is 34.6 Å². The van der Waals surface area contributed by atoms with Crippen molar-refractivity contribution in [3.63, 3.8) is 0 Å². The summed E-state index contributed by atoms with van der Waals surface area (Å²) in [5, 5.41) is 2.91. The van der Waals surface area contributed by atoms with Gasteiger partial charge in [-0.15, -0.1) is 11.3 Å². The van der Waals surface area contributed by atoms with Gasteiger partial charge in [-0.05, 0) is 12.1 Å². The molecule has 0 spiro atoms. The van der Waals surface area contributed by atoms with Crippen LogP contribution in [0, 0.1) is 5.82 Å². The summed E-state index contributed by atoms with van der Waals surface area (Å²) in [6.45, 7) is 2.64. The smallest absolute Gasteiger partial charge is 0.256 e. The summed E-state index contributed by atoms with van der Waals surface area (Å²) in [5.74, 6) is -0.693. The molecule has 2 heterocycles. The van der Waals surface area contributed by atoms with Gasteiger partial charge in [-0.2, -0.15) is 0 Å². The Morgan fingerprint density at radius 3 is 2.60 bits per heavy atom. The molecule has 0 unspecified atom stereocenters. The van der Waals surface area contributed by atoms with Crippen LogP contribution in [0.4, 0.5) is 9.52 Å². The highest BCUT2D eigenvalue weighted by atomic mass is 32.1. The van der Waals surface area contributed by atoms with Gasteiger partial charge in [-0.3, -0.25) is 4.79 Å². The molecule has 20 heavy (non-hydrogen) atoms. The quantitative estimate of drug-likeness (QED) is 0.851. The maximum Gasteiger partial charge on any atom is 0.256 e. The lowest BCUT2D eigenvalue weighted by Crippen LogP contribution is -2.49. The van der Waals surface area contributed by atoms with Crippen molar-refractivity contribution in [2.75, 3.05) is 31.1 Å². The van der Waals surface area contributed by atoms with Gasteiger partial charge in [0.25, 0.3) is 5.91 Å². The van der Waals surface area contributed by atoms with Crippen LogP contribution in [0.5, 0.6) is 0 Å². The number of hydrogen-bond acceptors (Lipinski definition) is 4. The number of carbonyl (C=O) groups is 1. The lowest BCUT2D eigenvalue weighted by Gasteiger charge is -2.34. The molecule has 1 aromatic carbocycles. The monoisotopic (exact) mass is 291 g/mol. The second-order valence-corrected chi connectivity index (χ2v) is 5.45. The van der Waals surface area contributed by atoms with Crippen LogP contribution in [0.15, 0.2) is 35.8 Å². The minimum Gasteiger partial charge on any atom is -0.345 e. The van der Waals surface area contributed by atoms with Gasteiger partial charge in [0.2, 0.25) is 0 Å². The summed E-state index contributed by atoms with van der Waals surface area (Å²) in [4.78, 5) is 20.4. The fourth-order valence-electron chi connectivity index (χ4n) is 2.28. The second-order valence-electron chi connectivity index (χ2n) is 4.57. The average Bonchev–Trinajstić information content (AvgIpc) is 3.01. The Kier molecular flexibility index (Phi) is 3.64. The number of thiazole rings is 1. The molecule has 1 aliphatic rings. The first kappa shape index (κ1) is 13.1. The lowest BCUT2D eigenvalue weighted by molar-refractivity contribution is 0.0742. The highest BCUT2D eigenvalue weighted by Crippen LogP contribution is 2.20. The largest absolute Gasteiger partial charge is 0.345 e. The number of halogens is 1. The van der Waals surface area contributed by atoms with Gasteiger partial charge in [0.1, 0.15) is 5.82 Å². The maximum atomic E-state index is 13.6. The molecular formula is C14H14FN3OS. The van der Waals surface area contributed by atoms with Crippen molar-refractivity contribution in [3.8, 4) is 0 Å². The molecule has 0 N–H and O–H groups in total. The molecule has 0 saturated carbocycles. The van der Waals surface area contributed by atoms with E-state index in [1.165, 1.54) is 12.1 Å². The molecule has 104 valence electrons. The Morgan fingerprint density at radius 2 is 1.95 bits per heavy atom. The Morgan fingerprint density at radius 1 is 1.20 bits per heavy atom. The summed E-state index contributed by atoms with van der Waals surface area (Å²) in [7, 11) is 0. The van der Waals surface area contributed by atoms with Gasteiger partial charge in [0, 0.05) is 37.8 Å². The average molecular weight is 291 g/mol. The third-order valence-corrected chi connectivity index (χ3v) is 4.19. The van der Waals surface area contributed by atoms with E-state index in [2.05, 4.69) is 9.88 Å². The fourth-order valence-corrected chi connectivity index (χ4v) is 2.97. The van der Waals surface area contributed by atoms with Crippen LogP contribution < -0.4 is 4.90 Å². The number of aromatic nitrogens is 1. The van der Waals surface area contributed by atoms with Crippen LogP contribution in [0.1, 0.15) is 10.4 Å². The summed E-state index contributed by atoms with van der Waals surface area (Å²) >= 11 is 1.59. The van der Waals surface area contributed by atoms with E-state index in [0.29, 0.717) is 13.1 Å². The summed E-state index contributed by atoms with van der Waals surface area (Å²) < 4.78 is 13.6. The first-order valence-electron chi connectivity index (χ1n) is 6.44. The van der Waals surface area contributed by atoms with E-state index in [4.69, 9.17) is 0 Å². The molecule has 0 aliphatic carbocycles. The SMILES string of the molecule is O=C(c1ccccc1F)N1CCN(c2nccs2)CC1. The topological polar surface area (TPSA) is 36.4 Å². The van der Waals surface area contributed by atoms with Gasteiger partial charge in [-0.25, -0.2) is 9.37 Å².